The van der Waals surface area contributed by atoms with E-state index in [4.69, 9.17) is 16.3 Å². The van der Waals surface area contributed by atoms with E-state index in [2.05, 4.69) is 24.0 Å². The van der Waals surface area contributed by atoms with Crippen molar-refractivity contribution in [3.63, 3.8) is 0 Å². The smallest absolute Gasteiger partial charge is 0.229 e. The van der Waals surface area contributed by atoms with E-state index in [-0.39, 0.29) is 0 Å². The van der Waals surface area contributed by atoms with Crippen molar-refractivity contribution in [2.24, 2.45) is 0 Å². The molecule has 2 heterocycles. The third kappa shape index (κ3) is 2.49. The van der Waals surface area contributed by atoms with Gasteiger partial charge in [-0.3, -0.25) is 0 Å². The minimum absolute atomic E-state index is 0.329. The highest BCUT2D eigenvalue weighted by Gasteiger charge is 2.24. The predicted molar refractivity (Wildman–Crippen MR) is 57.8 cm³/mol. The summed E-state index contributed by atoms with van der Waals surface area (Å²) in [4.78, 5) is 4.42. The van der Waals surface area contributed by atoms with Crippen LogP contribution < -0.4 is 0 Å². The highest BCUT2D eigenvalue weighted by atomic mass is 35.5. The Labute approximate surface area is 94.7 Å². The van der Waals surface area contributed by atoms with Gasteiger partial charge < -0.3 is 4.52 Å². The van der Waals surface area contributed by atoms with Crippen molar-refractivity contribution in [1.29, 1.82) is 0 Å². The lowest BCUT2D eigenvalue weighted by molar-refractivity contribution is 0.276. The number of nitrogens with zero attached hydrogens (tertiary/aromatic N) is 3. The van der Waals surface area contributed by atoms with Crippen molar-refractivity contribution in [3.05, 3.63) is 11.7 Å². The zero-order chi connectivity index (χ0) is 10.8. The monoisotopic (exact) mass is 229 g/mol. The summed E-state index contributed by atoms with van der Waals surface area (Å²) in [5.74, 6) is 2.30. The number of halogens is 1. The first-order valence-electron chi connectivity index (χ1n) is 5.41. The Bertz CT molecular complexity index is 318. The van der Waals surface area contributed by atoms with Gasteiger partial charge >= 0.3 is 0 Å². The van der Waals surface area contributed by atoms with Crippen LogP contribution in [-0.2, 0) is 0 Å². The molecule has 0 unspecified atom stereocenters. The van der Waals surface area contributed by atoms with Gasteiger partial charge in [0.2, 0.25) is 5.89 Å². The van der Waals surface area contributed by atoms with Crippen molar-refractivity contribution in [2.75, 3.05) is 13.1 Å². The molecule has 1 aliphatic rings. The van der Waals surface area contributed by atoms with Gasteiger partial charge in [0.05, 0.1) is 0 Å². The topological polar surface area (TPSA) is 42.2 Å². The van der Waals surface area contributed by atoms with Gasteiger partial charge in [0.15, 0.2) is 5.82 Å². The van der Waals surface area contributed by atoms with Gasteiger partial charge in [-0.1, -0.05) is 19.0 Å². The van der Waals surface area contributed by atoms with Crippen LogP contribution in [0.15, 0.2) is 4.52 Å². The molecular weight excluding hydrogens is 214 g/mol. The van der Waals surface area contributed by atoms with E-state index in [0.717, 1.165) is 37.6 Å². The van der Waals surface area contributed by atoms with Gasteiger partial charge in [-0.15, -0.1) is 0 Å². The molecule has 0 amide bonds. The van der Waals surface area contributed by atoms with Crippen molar-refractivity contribution in [2.45, 2.75) is 38.5 Å². The summed E-state index contributed by atoms with van der Waals surface area (Å²) in [5, 5.41) is 3.98. The van der Waals surface area contributed by atoms with Crippen LogP contribution in [0.2, 0.25) is 0 Å². The fraction of sp³-hybridized carbons (Fsp3) is 0.800. The molecule has 5 heteroatoms. The first-order valence-corrected chi connectivity index (χ1v) is 5.75. The SMILES string of the molecule is CC(C)c1noc(C2CCN(Cl)CC2)n1. The fourth-order valence-electron chi connectivity index (χ4n) is 1.74. The van der Waals surface area contributed by atoms with Crippen LogP contribution in [0.1, 0.15) is 50.2 Å². The summed E-state index contributed by atoms with van der Waals surface area (Å²) >= 11 is 5.89. The molecule has 1 fully saturated rings. The third-order valence-corrected chi connectivity index (χ3v) is 3.10. The fourth-order valence-corrected chi connectivity index (χ4v) is 1.94. The van der Waals surface area contributed by atoms with E-state index >= 15 is 0 Å². The molecule has 1 aliphatic heterocycles. The van der Waals surface area contributed by atoms with Gasteiger partial charge in [0, 0.05) is 24.9 Å². The standard InChI is InChI=1S/C10H16ClN3O/c1-7(2)9-12-10(15-13-9)8-3-5-14(11)6-4-8/h7-8H,3-6H2,1-2H3. The van der Waals surface area contributed by atoms with E-state index in [1.54, 1.807) is 0 Å². The van der Waals surface area contributed by atoms with Gasteiger partial charge in [0.1, 0.15) is 0 Å². The Morgan fingerprint density at radius 2 is 2.07 bits per heavy atom. The summed E-state index contributed by atoms with van der Waals surface area (Å²) < 4.78 is 7.09. The number of piperidine rings is 1. The van der Waals surface area contributed by atoms with Crippen LogP contribution in [0.3, 0.4) is 0 Å². The second-order valence-electron chi connectivity index (χ2n) is 4.33. The van der Waals surface area contributed by atoms with Gasteiger partial charge in [-0.05, 0) is 24.6 Å². The van der Waals surface area contributed by atoms with Crippen molar-refractivity contribution < 1.29 is 4.52 Å². The maximum absolute atomic E-state index is 5.89. The Balaban J connectivity index is 2.03. The molecule has 4 nitrogen and oxygen atoms in total. The van der Waals surface area contributed by atoms with E-state index < -0.39 is 0 Å². The van der Waals surface area contributed by atoms with Gasteiger partial charge in [-0.25, -0.2) is 4.42 Å². The number of hydrogen-bond donors (Lipinski definition) is 0. The first kappa shape index (κ1) is 10.9. The zero-order valence-corrected chi connectivity index (χ0v) is 9.87. The Hall–Kier alpha value is -0.610. The first-order chi connectivity index (χ1) is 7.16. The van der Waals surface area contributed by atoms with E-state index in [0.29, 0.717) is 11.8 Å². The molecule has 15 heavy (non-hydrogen) atoms. The maximum Gasteiger partial charge on any atom is 0.229 e. The molecule has 0 N–H and O–H groups in total. The quantitative estimate of drug-likeness (QED) is 0.731. The molecule has 0 bridgehead atoms. The van der Waals surface area contributed by atoms with Crippen molar-refractivity contribution in [1.82, 2.24) is 14.6 Å². The number of hydrogen-bond acceptors (Lipinski definition) is 4. The van der Waals surface area contributed by atoms with Crippen molar-refractivity contribution in [3.8, 4) is 0 Å². The van der Waals surface area contributed by atoms with Gasteiger partial charge in [0.25, 0.3) is 0 Å². The van der Waals surface area contributed by atoms with Crippen LogP contribution in [0.5, 0.6) is 0 Å². The molecule has 0 radical (unpaired) electrons. The molecule has 2 rings (SSSR count). The maximum atomic E-state index is 5.89. The lowest BCUT2D eigenvalue weighted by atomic mass is 9.98. The summed E-state index contributed by atoms with van der Waals surface area (Å²) in [7, 11) is 0. The van der Waals surface area contributed by atoms with E-state index in [1.807, 2.05) is 4.42 Å². The van der Waals surface area contributed by atoms with E-state index in [1.165, 1.54) is 0 Å². The molecular formula is C10H16ClN3O. The molecule has 0 saturated carbocycles. The normalized spacial score (nSPS) is 20.0. The molecule has 1 aromatic heterocycles. The molecule has 84 valence electrons. The van der Waals surface area contributed by atoms with E-state index in [9.17, 15) is 0 Å². The minimum atomic E-state index is 0.329. The largest absolute Gasteiger partial charge is 0.339 e. The van der Waals surface area contributed by atoms with Crippen LogP contribution in [0, 0.1) is 0 Å². The summed E-state index contributed by atoms with van der Waals surface area (Å²) in [5.41, 5.74) is 0. The Kier molecular flexibility index (Phi) is 3.26. The highest BCUT2D eigenvalue weighted by Crippen LogP contribution is 2.28. The summed E-state index contributed by atoms with van der Waals surface area (Å²) in [6, 6.07) is 0. The predicted octanol–water partition coefficient (Wildman–Crippen LogP) is 2.53. The molecule has 0 spiro atoms. The second kappa shape index (κ2) is 4.49. The molecule has 1 aromatic rings. The van der Waals surface area contributed by atoms with Crippen molar-refractivity contribution >= 4 is 11.8 Å². The third-order valence-electron chi connectivity index (χ3n) is 2.76. The number of rotatable bonds is 2. The van der Waals surface area contributed by atoms with Crippen LogP contribution >= 0.6 is 11.8 Å². The average Bonchev–Trinajstić information content (AvgIpc) is 2.68. The van der Waals surface area contributed by atoms with Crippen LogP contribution in [0.25, 0.3) is 0 Å². The van der Waals surface area contributed by atoms with Crippen LogP contribution in [0.4, 0.5) is 0 Å². The zero-order valence-electron chi connectivity index (χ0n) is 9.11. The summed E-state index contributed by atoms with van der Waals surface area (Å²) in [6.07, 6.45) is 2.01. The van der Waals surface area contributed by atoms with Crippen LogP contribution in [-0.4, -0.2) is 27.6 Å². The Morgan fingerprint density at radius 3 is 2.60 bits per heavy atom. The highest BCUT2D eigenvalue weighted by molar-refractivity contribution is 6.13. The lowest BCUT2D eigenvalue weighted by Gasteiger charge is -2.24. The molecule has 1 saturated heterocycles. The average molecular weight is 230 g/mol. The summed E-state index contributed by atoms with van der Waals surface area (Å²) in [6.45, 7) is 5.92. The molecule has 0 atom stereocenters. The Morgan fingerprint density at radius 1 is 1.40 bits per heavy atom. The second-order valence-corrected chi connectivity index (χ2v) is 4.81. The molecule has 0 aromatic carbocycles. The molecule has 0 aliphatic carbocycles. The minimum Gasteiger partial charge on any atom is -0.339 e. The van der Waals surface area contributed by atoms with Gasteiger partial charge in [-0.2, -0.15) is 4.98 Å². The number of aromatic nitrogens is 2. The lowest BCUT2D eigenvalue weighted by Crippen LogP contribution is -2.25.